The van der Waals surface area contributed by atoms with Crippen LogP contribution in [0.1, 0.15) is 24.9 Å². The first kappa shape index (κ1) is 14.0. The van der Waals surface area contributed by atoms with Gasteiger partial charge in [0.25, 0.3) is 0 Å². The standard InChI is InChI=1S/C12H17BrClNO/c1-8(5-6-16-2)12(15)10-4-3-9(13)7-11(10)14/h3-4,7-8,12H,5-6,15H2,1-2H3. The Morgan fingerprint density at radius 3 is 2.75 bits per heavy atom. The molecular weight excluding hydrogens is 289 g/mol. The molecule has 1 aromatic rings. The van der Waals surface area contributed by atoms with Crippen molar-refractivity contribution in [3.05, 3.63) is 33.3 Å². The molecule has 1 aromatic carbocycles. The number of nitrogens with two attached hydrogens (primary N) is 1. The second-order valence-corrected chi connectivity index (χ2v) is 5.27. The molecule has 90 valence electrons. The number of hydrogen-bond donors (Lipinski definition) is 1. The maximum Gasteiger partial charge on any atom is 0.0465 e. The van der Waals surface area contributed by atoms with E-state index in [1.54, 1.807) is 7.11 Å². The third kappa shape index (κ3) is 3.74. The van der Waals surface area contributed by atoms with Crippen LogP contribution in [0.5, 0.6) is 0 Å². The van der Waals surface area contributed by atoms with Crippen molar-refractivity contribution in [2.45, 2.75) is 19.4 Å². The number of methoxy groups -OCH3 is 1. The van der Waals surface area contributed by atoms with Gasteiger partial charge in [-0.05, 0) is 30.0 Å². The van der Waals surface area contributed by atoms with E-state index in [-0.39, 0.29) is 6.04 Å². The normalized spacial score (nSPS) is 14.8. The van der Waals surface area contributed by atoms with E-state index < -0.39 is 0 Å². The van der Waals surface area contributed by atoms with Crippen LogP contribution >= 0.6 is 27.5 Å². The van der Waals surface area contributed by atoms with Gasteiger partial charge in [-0.1, -0.05) is 40.5 Å². The molecule has 0 heterocycles. The molecule has 0 saturated heterocycles. The Hall–Kier alpha value is -0.0900. The number of benzene rings is 1. The molecule has 2 atom stereocenters. The molecule has 0 spiro atoms. The number of rotatable bonds is 5. The van der Waals surface area contributed by atoms with Crippen molar-refractivity contribution >= 4 is 27.5 Å². The van der Waals surface area contributed by atoms with Crippen LogP contribution in [0.15, 0.2) is 22.7 Å². The van der Waals surface area contributed by atoms with E-state index in [4.69, 9.17) is 22.1 Å². The van der Waals surface area contributed by atoms with Crippen LogP contribution in [0.25, 0.3) is 0 Å². The zero-order valence-electron chi connectivity index (χ0n) is 9.54. The fourth-order valence-corrected chi connectivity index (χ4v) is 2.36. The summed E-state index contributed by atoms with van der Waals surface area (Å²) in [7, 11) is 1.70. The van der Waals surface area contributed by atoms with Gasteiger partial charge in [0.15, 0.2) is 0 Å². The summed E-state index contributed by atoms with van der Waals surface area (Å²) in [4.78, 5) is 0. The molecule has 0 radical (unpaired) electrons. The fraction of sp³-hybridized carbons (Fsp3) is 0.500. The minimum Gasteiger partial charge on any atom is -0.385 e. The zero-order chi connectivity index (χ0) is 12.1. The van der Waals surface area contributed by atoms with Gasteiger partial charge in [0, 0.05) is 29.3 Å². The van der Waals surface area contributed by atoms with Gasteiger partial charge in [-0.25, -0.2) is 0 Å². The molecule has 0 aliphatic carbocycles. The molecule has 4 heteroatoms. The molecule has 2 unspecified atom stereocenters. The Kier molecular flexibility index (Phi) is 5.76. The van der Waals surface area contributed by atoms with Crippen LogP contribution in [0.2, 0.25) is 5.02 Å². The van der Waals surface area contributed by atoms with Gasteiger partial charge < -0.3 is 10.5 Å². The molecule has 0 aliphatic heterocycles. The SMILES string of the molecule is COCCC(C)C(N)c1ccc(Br)cc1Cl. The van der Waals surface area contributed by atoms with Crippen molar-refractivity contribution in [3.8, 4) is 0 Å². The summed E-state index contributed by atoms with van der Waals surface area (Å²) in [6, 6.07) is 5.76. The Balaban J connectivity index is 2.75. The largest absolute Gasteiger partial charge is 0.385 e. The van der Waals surface area contributed by atoms with E-state index in [1.165, 1.54) is 0 Å². The summed E-state index contributed by atoms with van der Waals surface area (Å²) in [5.74, 6) is 0.346. The smallest absolute Gasteiger partial charge is 0.0465 e. The quantitative estimate of drug-likeness (QED) is 0.898. The van der Waals surface area contributed by atoms with Crippen molar-refractivity contribution < 1.29 is 4.74 Å². The van der Waals surface area contributed by atoms with Gasteiger partial charge in [0.1, 0.15) is 0 Å². The first-order chi connectivity index (χ1) is 7.56. The molecule has 0 saturated carbocycles. The van der Waals surface area contributed by atoms with Crippen molar-refractivity contribution in [1.29, 1.82) is 0 Å². The van der Waals surface area contributed by atoms with Crippen molar-refractivity contribution in [2.24, 2.45) is 11.7 Å². The maximum atomic E-state index is 6.17. The second-order valence-electron chi connectivity index (χ2n) is 3.95. The lowest BCUT2D eigenvalue weighted by Gasteiger charge is -2.21. The van der Waals surface area contributed by atoms with Gasteiger partial charge in [0.05, 0.1) is 0 Å². The summed E-state index contributed by atoms with van der Waals surface area (Å²) in [6.07, 6.45) is 0.935. The lowest BCUT2D eigenvalue weighted by atomic mass is 9.93. The minimum absolute atomic E-state index is 0.0456. The summed E-state index contributed by atoms with van der Waals surface area (Å²) >= 11 is 9.54. The van der Waals surface area contributed by atoms with Gasteiger partial charge in [-0.2, -0.15) is 0 Å². The second kappa shape index (κ2) is 6.60. The first-order valence-electron chi connectivity index (χ1n) is 5.25. The number of hydrogen-bond acceptors (Lipinski definition) is 2. The van der Waals surface area contributed by atoms with Crippen LogP contribution < -0.4 is 5.73 Å². The van der Waals surface area contributed by atoms with Crippen molar-refractivity contribution in [3.63, 3.8) is 0 Å². The fourth-order valence-electron chi connectivity index (χ4n) is 1.56. The molecule has 0 bridgehead atoms. The molecule has 0 fully saturated rings. The van der Waals surface area contributed by atoms with Crippen LogP contribution in [0.3, 0.4) is 0 Å². The lowest BCUT2D eigenvalue weighted by molar-refractivity contribution is 0.174. The third-order valence-electron chi connectivity index (χ3n) is 2.71. The maximum absolute atomic E-state index is 6.17. The highest BCUT2D eigenvalue weighted by Crippen LogP contribution is 2.30. The summed E-state index contributed by atoms with van der Waals surface area (Å²) in [6.45, 7) is 2.84. The van der Waals surface area contributed by atoms with Crippen LogP contribution in [0.4, 0.5) is 0 Å². The first-order valence-corrected chi connectivity index (χ1v) is 6.42. The minimum atomic E-state index is -0.0456. The topological polar surface area (TPSA) is 35.2 Å². The van der Waals surface area contributed by atoms with Crippen LogP contribution in [0, 0.1) is 5.92 Å². The molecule has 0 aliphatic rings. The summed E-state index contributed by atoms with van der Waals surface area (Å²) in [5, 5.41) is 0.714. The lowest BCUT2D eigenvalue weighted by Crippen LogP contribution is -2.20. The Morgan fingerprint density at radius 2 is 2.19 bits per heavy atom. The van der Waals surface area contributed by atoms with E-state index >= 15 is 0 Å². The van der Waals surface area contributed by atoms with E-state index in [1.807, 2.05) is 18.2 Å². The molecule has 1 rings (SSSR count). The monoisotopic (exact) mass is 305 g/mol. The molecule has 0 amide bonds. The Morgan fingerprint density at radius 1 is 1.50 bits per heavy atom. The van der Waals surface area contributed by atoms with Crippen LogP contribution in [-0.4, -0.2) is 13.7 Å². The van der Waals surface area contributed by atoms with Gasteiger partial charge in [-0.3, -0.25) is 0 Å². The Labute approximate surface area is 110 Å². The number of halogens is 2. The zero-order valence-corrected chi connectivity index (χ0v) is 11.9. The highest BCUT2D eigenvalue weighted by molar-refractivity contribution is 9.10. The molecule has 2 N–H and O–H groups in total. The van der Waals surface area contributed by atoms with E-state index in [0.717, 1.165) is 23.1 Å². The van der Waals surface area contributed by atoms with Gasteiger partial charge >= 0.3 is 0 Å². The summed E-state index contributed by atoms with van der Waals surface area (Å²) in [5.41, 5.74) is 7.17. The summed E-state index contributed by atoms with van der Waals surface area (Å²) < 4.78 is 6.02. The van der Waals surface area contributed by atoms with Crippen molar-refractivity contribution in [2.75, 3.05) is 13.7 Å². The molecule has 16 heavy (non-hydrogen) atoms. The molecule has 0 aromatic heterocycles. The average molecular weight is 307 g/mol. The third-order valence-corrected chi connectivity index (χ3v) is 3.53. The highest BCUT2D eigenvalue weighted by atomic mass is 79.9. The molecular formula is C12H17BrClNO. The highest BCUT2D eigenvalue weighted by Gasteiger charge is 2.17. The predicted molar refractivity (Wildman–Crippen MR) is 71.7 cm³/mol. The van der Waals surface area contributed by atoms with Gasteiger partial charge in [-0.15, -0.1) is 0 Å². The Bertz CT molecular complexity index is 346. The molecule has 2 nitrogen and oxygen atoms in total. The van der Waals surface area contributed by atoms with E-state index in [9.17, 15) is 0 Å². The van der Waals surface area contributed by atoms with Crippen LogP contribution in [-0.2, 0) is 4.74 Å². The van der Waals surface area contributed by atoms with E-state index in [2.05, 4.69) is 22.9 Å². The van der Waals surface area contributed by atoms with Gasteiger partial charge in [0.2, 0.25) is 0 Å². The van der Waals surface area contributed by atoms with E-state index in [0.29, 0.717) is 10.9 Å². The van der Waals surface area contributed by atoms with Crippen molar-refractivity contribution in [1.82, 2.24) is 0 Å². The predicted octanol–water partition coefficient (Wildman–Crippen LogP) is 3.77. The number of ether oxygens (including phenoxy) is 1. The average Bonchev–Trinajstić information content (AvgIpc) is 2.25.